The predicted molar refractivity (Wildman–Crippen MR) is 85.2 cm³/mol. The zero-order chi connectivity index (χ0) is 17.2. The van der Waals surface area contributed by atoms with Crippen LogP contribution in [0.25, 0.3) is 5.57 Å². The molecule has 0 amide bonds. The number of halogens is 3. The van der Waals surface area contributed by atoms with Crippen molar-refractivity contribution in [2.45, 2.75) is 12.6 Å². The number of nitriles is 1. The van der Waals surface area contributed by atoms with Gasteiger partial charge in [-0.1, -0.05) is 36.4 Å². The zero-order valence-electron chi connectivity index (χ0n) is 12.7. The number of rotatable bonds is 2. The summed E-state index contributed by atoms with van der Waals surface area (Å²) in [5, 5.41) is 9.16. The van der Waals surface area contributed by atoms with Crippen molar-refractivity contribution in [3.05, 3.63) is 65.4 Å². The minimum atomic E-state index is -4.52. The minimum Gasteiger partial charge on any atom is -0.351 e. The van der Waals surface area contributed by atoms with Gasteiger partial charge in [-0.25, -0.2) is 4.98 Å². The topological polar surface area (TPSA) is 39.9 Å². The molecule has 0 spiro atoms. The van der Waals surface area contributed by atoms with Gasteiger partial charge in [0.05, 0.1) is 5.56 Å². The fourth-order valence-electron chi connectivity index (χ4n) is 2.71. The van der Waals surface area contributed by atoms with Crippen LogP contribution in [0.2, 0.25) is 0 Å². The second-order valence-corrected chi connectivity index (χ2v) is 5.47. The van der Waals surface area contributed by atoms with Gasteiger partial charge < -0.3 is 4.90 Å². The van der Waals surface area contributed by atoms with E-state index in [1.54, 1.807) is 4.90 Å². The number of anilines is 1. The summed E-state index contributed by atoms with van der Waals surface area (Å²) >= 11 is 0. The fraction of sp³-hybridized carbons (Fsp3) is 0.222. The molecule has 0 saturated carbocycles. The molecular formula is C18H14F3N3. The molecule has 1 aliphatic heterocycles. The van der Waals surface area contributed by atoms with Crippen molar-refractivity contribution in [3.63, 3.8) is 0 Å². The summed E-state index contributed by atoms with van der Waals surface area (Å²) in [6.45, 7) is 0.941. The maximum absolute atomic E-state index is 12.9. The van der Waals surface area contributed by atoms with Crippen LogP contribution in [0.4, 0.5) is 19.0 Å². The van der Waals surface area contributed by atoms with Crippen LogP contribution >= 0.6 is 0 Å². The van der Waals surface area contributed by atoms with Crippen molar-refractivity contribution in [1.82, 2.24) is 4.98 Å². The molecule has 3 nitrogen and oxygen atoms in total. The summed E-state index contributed by atoms with van der Waals surface area (Å²) in [7, 11) is 0. The minimum absolute atomic E-state index is 0.0932. The Morgan fingerprint density at radius 3 is 2.42 bits per heavy atom. The van der Waals surface area contributed by atoms with Crippen molar-refractivity contribution in [2.75, 3.05) is 18.0 Å². The van der Waals surface area contributed by atoms with Crippen LogP contribution in [0, 0.1) is 11.3 Å². The van der Waals surface area contributed by atoms with Gasteiger partial charge in [-0.05, 0) is 29.7 Å². The Morgan fingerprint density at radius 2 is 1.83 bits per heavy atom. The number of nitrogens with zero attached hydrogens (tertiary/aromatic N) is 3. The summed E-state index contributed by atoms with van der Waals surface area (Å²) in [4.78, 5) is 5.39. The zero-order valence-corrected chi connectivity index (χ0v) is 12.7. The number of hydrogen-bond acceptors (Lipinski definition) is 3. The first kappa shape index (κ1) is 16.1. The molecule has 2 aromatic rings. The Balaban J connectivity index is 1.88. The lowest BCUT2D eigenvalue weighted by atomic mass is 9.99. The van der Waals surface area contributed by atoms with Crippen molar-refractivity contribution >= 4 is 11.4 Å². The van der Waals surface area contributed by atoms with E-state index in [0.29, 0.717) is 19.5 Å². The predicted octanol–water partition coefficient (Wildman–Crippen LogP) is 4.27. The van der Waals surface area contributed by atoms with Gasteiger partial charge in [-0.3, -0.25) is 0 Å². The quantitative estimate of drug-likeness (QED) is 0.826. The summed E-state index contributed by atoms with van der Waals surface area (Å²) in [6, 6.07) is 13.8. The molecule has 3 rings (SSSR count). The molecule has 24 heavy (non-hydrogen) atoms. The lowest BCUT2D eigenvalue weighted by Crippen LogP contribution is -2.30. The van der Waals surface area contributed by atoms with E-state index < -0.39 is 11.9 Å². The van der Waals surface area contributed by atoms with Gasteiger partial charge in [-0.15, -0.1) is 0 Å². The molecule has 2 heterocycles. The molecule has 1 aromatic heterocycles. The summed E-state index contributed by atoms with van der Waals surface area (Å²) in [5.74, 6) is 0.0932. The molecule has 0 unspecified atom stereocenters. The Morgan fingerprint density at radius 1 is 1.08 bits per heavy atom. The van der Waals surface area contributed by atoms with Crippen molar-refractivity contribution in [2.24, 2.45) is 0 Å². The Kier molecular flexibility index (Phi) is 4.26. The van der Waals surface area contributed by atoms with Gasteiger partial charge in [0.15, 0.2) is 0 Å². The molecule has 122 valence electrons. The molecule has 0 atom stereocenters. The number of hydrogen-bond donors (Lipinski definition) is 0. The second kappa shape index (κ2) is 6.36. The molecule has 1 aliphatic rings. The number of aromatic nitrogens is 1. The van der Waals surface area contributed by atoms with Gasteiger partial charge in [0.25, 0.3) is 0 Å². The molecule has 0 N–H and O–H groups in total. The average molecular weight is 329 g/mol. The standard InChI is InChI=1S/C18H14F3N3/c19-18(20,21)16-7-6-15(12-22)17(23-16)24-10-8-14(9-11-24)13-4-2-1-3-5-13/h1-8H,9-11H2. The van der Waals surface area contributed by atoms with Crippen LogP contribution in [-0.2, 0) is 6.18 Å². The van der Waals surface area contributed by atoms with Crippen LogP contribution in [0.5, 0.6) is 0 Å². The van der Waals surface area contributed by atoms with E-state index in [4.69, 9.17) is 5.26 Å². The summed E-state index contributed by atoms with van der Waals surface area (Å²) in [6.07, 6.45) is -1.86. The first-order valence-electron chi connectivity index (χ1n) is 7.47. The van der Waals surface area contributed by atoms with E-state index in [1.165, 1.54) is 6.07 Å². The largest absolute Gasteiger partial charge is 0.433 e. The summed E-state index contributed by atoms with van der Waals surface area (Å²) < 4.78 is 38.6. The highest BCUT2D eigenvalue weighted by Gasteiger charge is 2.33. The van der Waals surface area contributed by atoms with E-state index in [1.807, 2.05) is 42.5 Å². The van der Waals surface area contributed by atoms with E-state index in [9.17, 15) is 13.2 Å². The molecule has 0 aliphatic carbocycles. The average Bonchev–Trinajstić information content (AvgIpc) is 2.61. The highest BCUT2D eigenvalue weighted by atomic mass is 19.4. The van der Waals surface area contributed by atoms with Crippen LogP contribution in [0.1, 0.15) is 23.2 Å². The smallest absolute Gasteiger partial charge is 0.351 e. The third-order valence-corrected chi connectivity index (χ3v) is 3.94. The first-order valence-corrected chi connectivity index (χ1v) is 7.47. The Hall–Kier alpha value is -2.81. The van der Waals surface area contributed by atoms with Gasteiger partial charge in [-0.2, -0.15) is 18.4 Å². The fourth-order valence-corrected chi connectivity index (χ4v) is 2.71. The lowest BCUT2D eigenvalue weighted by molar-refractivity contribution is -0.141. The third kappa shape index (κ3) is 3.25. The Bertz CT molecular complexity index is 804. The number of alkyl halides is 3. The highest BCUT2D eigenvalue weighted by Crippen LogP contribution is 2.32. The lowest BCUT2D eigenvalue weighted by Gasteiger charge is -2.28. The van der Waals surface area contributed by atoms with Crippen LogP contribution < -0.4 is 4.90 Å². The SMILES string of the molecule is N#Cc1ccc(C(F)(F)F)nc1N1CC=C(c2ccccc2)CC1. The third-order valence-electron chi connectivity index (χ3n) is 3.94. The molecule has 0 fully saturated rings. The number of benzene rings is 1. The second-order valence-electron chi connectivity index (χ2n) is 5.47. The highest BCUT2D eigenvalue weighted by molar-refractivity contribution is 5.69. The maximum Gasteiger partial charge on any atom is 0.433 e. The molecule has 1 aromatic carbocycles. The van der Waals surface area contributed by atoms with Crippen LogP contribution in [-0.4, -0.2) is 18.1 Å². The van der Waals surface area contributed by atoms with Gasteiger partial charge in [0, 0.05) is 13.1 Å². The molecule has 0 saturated heterocycles. The van der Waals surface area contributed by atoms with Crippen LogP contribution in [0.3, 0.4) is 0 Å². The van der Waals surface area contributed by atoms with Gasteiger partial charge >= 0.3 is 6.18 Å². The molecule has 0 bridgehead atoms. The normalized spacial score (nSPS) is 14.9. The van der Waals surface area contributed by atoms with Gasteiger partial charge in [0.1, 0.15) is 17.6 Å². The molecule has 0 radical (unpaired) electrons. The van der Waals surface area contributed by atoms with Crippen LogP contribution in [0.15, 0.2) is 48.5 Å². The van der Waals surface area contributed by atoms with Crippen molar-refractivity contribution in [3.8, 4) is 6.07 Å². The maximum atomic E-state index is 12.9. The Labute approximate surface area is 137 Å². The van der Waals surface area contributed by atoms with E-state index >= 15 is 0 Å². The first-order chi connectivity index (χ1) is 11.5. The van der Waals surface area contributed by atoms with E-state index in [2.05, 4.69) is 4.98 Å². The summed E-state index contributed by atoms with van der Waals surface area (Å²) in [5.41, 5.74) is 1.43. The monoisotopic (exact) mass is 329 g/mol. The molecule has 6 heteroatoms. The number of pyridine rings is 1. The molecular weight excluding hydrogens is 315 g/mol. The van der Waals surface area contributed by atoms with E-state index in [-0.39, 0.29) is 11.4 Å². The van der Waals surface area contributed by atoms with Crippen molar-refractivity contribution < 1.29 is 13.2 Å². The van der Waals surface area contributed by atoms with Gasteiger partial charge in [0.2, 0.25) is 0 Å². The van der Waals surface area contributed by atoms with Crippen molar-refractivity contribution in [1.29, 1.82) is 5.26 Å². The van der Waals surface area contributed by atoms with E-state index in [0.717, 1.165) is 17.2 Å².